The van der Waals surface area contributed by atoms with E-state index in [2.05, 4.69) is 25.1 Å². The Morgan fingerprint density at radius 3 is 2.40 bits per heavy atom. The van der Waals surface area contributed by atoms with Gasteiger partial charge in [-0.3, -0.25) is 0 Å². The van der Waals surface area contributed by atoms with Gasteiger partial charge in [-0.1, -0.05) is 36.4 Å². The molecule has 0 saturated heterocycles. The largest absolute Gasteiger partial charge is 0.469 e. The van der Waals surface area contributed by atoms with E-state index in [1.165, 1.54) is 11.1 Å². The first-order chi connectivity index (χ1) is 7.27. The summed E-state index contributed by atoms with van der Waals surface area (Å²) in [7, 11) is 0. The SMILES string of the molecule is CC1=CC=C(C)C(c2ccccc2)=CO1. The van der Waals surface area contributed by atoms with E-state index >= 15 is 0 Å². The zero-order chi connectivity index (χ0) is 10.7. The van der Waals surface area contributed by atoms with Crippen molar-refractivity contribution in [3.63, 3.8) is 0 Å². The van der Waals surface area contributed by atoms with Gasteiger partial charge in [0.15, 0.2) is 0 Å². The average molecular weight is 198 g/mol. The Morgan fingerprint density at radius 1 is 0.933 bits per heavy atom. The maximum Gasteiger partial charge on any atom is 0.100 e. The van der Waals surface area contributed by atoms with Crippen molar-refractivity contribution in [3.05, 3.63) is 65.6 Å². The highest BCUT2D eigenvalue weighted by Gasteiger charge is 2.06. The number of rotatable bonds is 1. The first-order valence-corrected chi connectivity index (χ1v) is 5.05. The fourth-order valence-corrected chi connectivity index (χ4v) is 1.53. The van der Waals surface area contributed by atoms with Gasteiger partial charge in [0.25, 0.3) is 0 Å². The molecule has 0 aliphatic carbocycles. The first kappa shape index (κ1) is 9.78. The number of allylic oxidation sites excluding steroid dienone is 5. The molecule has 1 heteroatoms. The maximum absolute atomic E-state index is 5.49. The molecule has 1 aromatic carbocycles. The summed E-state index contributed by atoms with van der Waals surface area (Å²) in [6.07, 6.45) is 5.89. The summed E-state index contributed by atoms with van der Waals surface area (Å²) in [5.41, 5.74) is 3.55. The topological polar surface area (TPSA) is 9.23 Å². The summed E-state index contributed by atoms with van der Waals surface area (Å²) < 4.78 is 5.49. The Kier molecular flexibility index (Phi) is 2.72. The van der Waals surface area contributed by atoms with Gasteiger partial charge in [-0.2, -0.15) is 0 Å². The molecule has 0 atom stereocenters. The zero-order valence-corrected chi connectivity index (χ0v) is 9.03. The summed E-state index contributed by atoms with van der Waals surface area (Å²) in [5, 5.41) is 0. The van der Waals surface area contributed by atoms with E-state index in [0.29, 0.717) is 0 Å². The smallest absolute Gasteiger partial charge is 0.100 e. The van der Waals surface area contributed by atoms with Crippen LogP contribution in [0.4, 0.5) is 0 Å². The highest BCUT2D eigenvalue weighted by molar-refractivity contribution is 5.78. The predicted molar refractivity (Wildman–Crippen MR) is 63.0 cm³/mol. The lowest BCUT2D eigenvalue weighted by atomic mass is 10.0. The van der Waals surface area contributed by atoms with Gasteiger partial charge in [-0.25, -0.2) is 0 Å². The van der Waals surface area contributed by atoms with Gasteiger partial charge in [-0.05, 0) is 31.1 Å². The van der Waals surface area contributed by atoms with Crippen LogP contribution >= 0.6 is 0 Å². The standard InChI is InChI=1S/C14H14O/c1-11-8-9-12(2)15-10-14(11)13-6-4-3-5-7-13/h3-10H,1-2H3. The van der Waals surface area contributed by atoms with E-state index in [9.17, 15) is 0 Å². The van der Waals surface area contributed by atoms with Crippen molar-refractivity contribution < 1.29 is 4.74 Å². The van der Waals surface area contributed by atoms with Gasteiger partial charge in [-0.15, -0.1) is 0 Å². The number of hydrogen-bond donors (Lipinski definition) is 0. The molecular weight excluding hydrogens is 184 g/mol. The molecule has 0 unspecified atom stereocenters. The van der Waals surface area contributed by atoms with Crippen LogP contribution in [0.1, 0.15) is 19.4 Å². The molecule has 0 bridgehead atoms. The molecular formula is C14H14O. The van der Waals surface area contributed by atoms with Gasteiger partial charge in [0.2, 0.25) is 0 Å². The van der Waals surface area contributed by atoms with Crippen molar-refractivity contribution in [2.45, 2.75) is 13.8 Å². The van der Waals surface area contributed by atoms with Gasteiger partial charge >= 0.3 is 0 Å². The maximum atomic E-state index is 5.49. The Labute approximate surface area is 90.4 Å². The molecule has 76 valence electrons. The van der Waals surface area contributed by atoms with Crippen LogP contribution in [0.2, 0.25) is 0 Å². The van der Waals surface area contributed by atoms with E-state index in [1.807, 2.05) is 37.5 Å². The molecule has 1 aliphatic rings. The van der Waals surface area contributed by atoms with Crippen LogP contribution in [0.15, 0.2) is 60.1 Å². The molecule has 0 radical (unpaired) electrons. The third-order valence-corrected chi connectivity index (χ3v) is 2.44. The van der Waals surface area contributed by atoms with E-state index < -0.39 is 0 Å². The van der Waals surface area contributed by atoms with Crippen LogP contribution in [0.25, 0.3) is 5.57 Å². The third kappa shape index (κ3) is 2.18. The summed E-state index contributed by atoms with van der Waals surface area (Å²) in [5.74, 6) is 0.917. The molecule has 1 heterocycles. The Morgan fingerprint density at radius 2 is 1.67 bits per heavy atom. The molecule has 0 fully saturated rings. The fourth-order valence-electron chi connectivity index (χ4n) is 1.53. The monoisotopic (exact) mass is 198 g/mol. The van der Waals surface area contributed by atoms with Crippen LogP contribution < -0.4 is 0 Å². The highest BCUT2D eigenvalue weighted by Crippen LogP contribution is 2.25. The molecule has 0 aromatic heterocycles. The number of ether oxygens (including phenoxy) is 1. The van der Waals surface area contributed by atoms with Crippen molar-refractivity contribution in [3.8, 4) is 0 Å². The van der Waals surface area contributed by atoms with Crippen LogP contribution in [0, 0.1) is 0 Å². The minimum absolute atomic E-state index is 0.917. The molecule has 0 spiro atoms. The van der Waals surface area contributed by atoms with Crippen molar-refractivity contribution >= 4 is 5.57 Å². The van der Waals surface area contributed by atoms with Crippen molar-refractivity contribution in [2.75, 3.05) is 0 Å². The van der Waals surface area contributed by atoms with E-state index in [0.717, 1.165) is 11.3 Å². The molecule has 0 N–H and O–H groups in total. The van der Waals surface area contributed by atoms with Crippen molar-refractivity contribution in [1.82, 2.24) is 0 Å². The summed E-state index contributed by atoms with van der Waals surface area (Å²) in [6, 6.07) is 10.3. The van der Waals surface area contributed by atoms with Gasteiger partial charge in [0.05, 0.1) is 6.26 Å². The lowest BCUT2D eigenvalue weighted by Gasteiger charge is -2.06. The van der Waals surface area contributed by atoms with Crippen molar-refractivity contribution in [2.24, 2.45) is 0 Å². The molecule has 1 nitrogen and oxygen atoms in total. The summed E-state index contributed by atoms with van der Waals surface area (Å²) in [6.45, 7) is 4.05. The predicted octanol–water partition coefficient (Wildman–Crippen LogP) is 3.91. The zero-order valence-electron chi connectivity index (χ0n) is 9.03. The van der Waals surface area contributed by atoms with E-state index in [4.69, 9.17) is 4.74 Å². The Bertz CT molecular complexity index is 436. The molecule has 0 amide bonds. The minimum atomic E-state index is 0.917. The molecule has 1 aromatic rings. The van der Waals surface area contributed by atoms with Crippen LogP contribution in [0.5, 0.6) is 0 Å². The van der Waals surface area contributed by atoms with E-state index in [1.54, 1.807) is 0 Å². The molecule has 2 rings (SSSR count). The Balaban J connectivity index is 2.39. The summed E-state index contributed by atoms with van der Waals surface area (Å²) >= 11 is 0. The van der Waals surface area contributed by atoms with Crippen LogP contribution in [0.3, 0.4) is 0 Å². The molecule has 15 heavy (non-hydrogen) atoms. The van der Waals surface area contributed by atoms with Gasteiger partial charge in [0, 0.05) is 5.57 Å². The third-order valence-electron chi connectivity index (χ3n) is 2.44. The van der Waals surface area contributed by atoms with Gasteiger partial charge < -0.3 is 4.74 Å². The molecule has 0 saturated carbocycles. The Hall–Kier alpha value is -1.76. The molecule has 1 aliphatic heterocycles. The van der Waals surface area contributed by atoms with Crippen molar-refractivity contribution in [1.29, 1.82) is 0 Å². The van der Waals surface area contributed by atoms with E-state index in [-0.39, 0.29) is 0 Å². The summed E-state index contributed by atoms with van der Waals surface area (Å²) in [4.78, 5) is 0. The quantitative estimate of drug-likeness (QED) is 0.664. The fraction of sp³-hybridized carbons (Fsp3) is 0.143. The lowest BCUT2D eigenvalue weighted by molar-refractivity contribution is 0.356. The van der Waals surface area contributed by atoms with Gasteiger partial charge in [0.1, 0.15) is 5.76 Å². The first-order valence-electron chi connectivity index (χ1n) is 5.05. The average Bonchev–Trinajstić information content (AvgIpc) is 2.43. The second kappa shape index (κ2) is 4.18. The number of benzene rings is 1. The second-order valence-corrected chi connectivity index (χ2v) is 3.64. The van der Waals surface area contributed by atoms with Crippen LogP contribution in [-0.2, 0) is 4.74 Å². The normalized spacial score (nSPS) is 15.7. The van der Waals surface area contributed by atoms with Crippen LogP contribution in [-0.4, -0.2) is 0 Å². The number of hydrogen-bond acceptors (Lipinski definition) is 1. The second-order valence-electron chi connectivity index (χ2n) is 3.64. The highest BCUT2D eigenvalue weighted by atomic mass is 16.5. The lowest BCUT2D eigenvalue weighted by Crippen LogP contribution is -1.86. The minimum Gasteiger partial charge on any atom is -0.469 e.